The van der Waals surface area contributed by atoms with E-state index in [0.717, 1.165) is 5.56 Å². The summed E-state index contributed by atoms with van der Waals surface area (Å²) in [7, 11) is 1.55. The van der Waals surface area contributed by atoms with Gasteiger partial charge in [0.25, 0.3) is 11.8 Å². The summed E-state index contributed by atoms with van der Waals surface area (Å²) in [6, 6.07) is 12.4. The van der Waals surface area contributed by atoms with Crippen molar-refractivity contribution in [2.45, 2.75) is 40.3 Å². The molecule has 6 nitrogen and oxygen atoms in total. The first kappa shape index (κ1) is 22.3. The van der Waals surface area contributed by atoms with Gasteiger partial charge in [0.15, 0.2) is 11.5 Å². The zero-order valence-corrected chi connectivity index (χ0v) is 17.8. The predicted molar refractivity (Wildman–Crippen MR) is 114 cm³/mol. The van der Waals surface area contributed by atoms with Crippen molar-refractivity contribution in [2.24, 2.45) is 0 Å². The number of hydrogen-bond donors (Lipinski definition) is 1. The first-order chi connectivity index (χ1) is 13.9. The molecule has 0 fully saturated rings. The van der Waals surface area contributed by atoms with Crippen LogP contribution in [0.3, 0.4) is 0 Å². The molecule has 2 aromatic rings. The van der Waals surface area contributed by atoms with Crippen LogP contribution in [0, 0.1) is 0 Å². The first-order valence-corrected chi connectivity index (χ1v) is 9.90. The maximum absolute atomic E-state index is 12.5. The summed E-state index contributed by atoms with van der Waals surface area (Å²) in [5, 5.41) is 2.89. The molecule has 156 valence electrons. The molecule has 0 heterocycles. The van der Waals surface area contributed by atoms with Crippen molar-refractivity contribution in [1.82, 2.24) is 10.2 Å². The summed E-state index contributed by atoms with van der Waals surface area (Å²) in [5.41, 5.74) is 2.06. The molecule has 0 aliphatic heterocycles. The van der Waals surface area contributed by atoms with Gasteiger partial charge < -0.3 is 19.7 Å². The summed E-state index contributed by atoms with van der Waals surface area (Å²) >= 11 is 0. The van der Waals surface area contributed by atoms with Gasteiger partial charge in [-0.2, -0.15) is 0 Å². The largest absolute Gasteiger partial charge is 0.493 e. The van der Waals surface area contributed by atoms with E-state index in [2.05, 4.69) is 5.32 Å². The van der Waals surface area contributed by atoms with E-state index in [1.165, 1.54) is 0 Å². The van der Waals surface area contributed by atoms with E-state index < -0.39 is 0 Å². The van der Waals surface area contributed by atoms with Crippen LogP contribution in [-0.4, -0.2) is 43.0 Å². The summed E-state index contributed by atoms with van der Waals surface area (Å²) in [6.45, 7) is 9.51. The second-order valence-electron chi connectivity index (χ2n) is 6.89. The number of hydrogen-bond acceptors (Lipinski definition) is 4. The maximum atomic E-state index is 12.5. The topological polar surface area (TPSA) is 67.9 Å². The van der Waals surface area contributed by atoms with E-state index in [-0.39, 0.29) is 17.9 Å². The maximum Gasteiger partial charge on any atom is 0.253 e. The van der Waals surface area contributed by atoms with E-state index in [1.54, 1.807) is 42.3 Å². The van der Waals surface area contributed by atoms with Crippen LogP contribution in [0.25, 0.3) is 0 Å². The van der Waals surface area contributed by atoms with Gasteiger partial charge in [-0.05, 0) is 63.6 Å². The van der Waals surface area contributed by atoms with Crippen molar-refractivity contribution in [3.8, 4) is 11.5 Å². The highest BCUT2D eigenvalue weighted by Crippen LogP contribution is 2.29. The molecule has 6 heteroatoms. The smallest absolute Gasteiger partial charge is 0.253 e. The Kier molecular flexibility index (Phi) is 8.07. The predicted octanol–water partition coefficient (Wildman–Crippen LogP) is 3.89. The molecule has 2 amide bonds. The number of benzene rings is 2. The Hall–Kier alpha value is -3.02. The minimum Gasteiger partial charge on any atom is -0.493 e. The van der Waals surface area contributed by atoms with E-state index >= 15 is 0 Å². The van der Waals surface area contributed by atoms with Crippen LogP contribution in [0.5, 0.6) is 11.5 Å². The van der Waals surface area contributed by atoms with Crippen molar-refractivity contribution in [3.05, 3.63) is 59.2 Å². The highest BCUT2D eigenvalue weighted by molar-refractivity contribution is 5.95. The lowest BCUT2D eigenvalue weighted by Gasteiger charge is -2.18. The molecular formula is C23H30N2O4. The van der Waals surface area contributed by atoms with Gasteiger partial charge in [0, 0.05) is 30.8 Å². The van der Waals surface area contributed by atoms with Crippen molar-refractivity contribution < 1.29 is 19.1 Å². The lowest BCUT2D eigenvalue weighted by Crippen LogP contribution is -2.30. The fraction of sp³-hybridized carbons (Fsp3) is 0.391. The molecule has 0 unspecified atom stereocenters. The van der Waals surface area contributed by atoms with Crippen molar-refractivity contribution >= 4 is 11.8 Å². The molecule has 0 bridgehead atoms. The van der Waals surface area contributed by atoms with Gasteiger partial charge in [0.05, 0.1) is 13.2 Å². The van der Waals surface area contributed by atoms with Crippen LogP contribution < -0.4 is 14.8 Å². The van der Waals surface area contributed by atoms with Crippen LogP contribution in [0.4, 0.5) is 0 Å². The van der Waals surface area contributed by atoms with E-state index in [1.807, 2.05) is 39.8 Å². The van der Waals surface area contributed by atoms with Crippen molar-refractivity contribution in [3.63, 3.8) is 0 Å². The van der Waals surface area contributed by atoms with Gasteiger partial charge in [-0.3, -0.25) is 9.59 Å². The Morgan fingerprint density at radius 1 is 0.966 bits per heavy atom. The molecule has 0 radical (unpaired) electrons. The second-order valence-corrected chi connectivity index (χ2v) is 6.89. The fourth-order valence-corrected chi connectivity index (χ4v) is 2.90. The number of methoxy groups -OCH3 is 1. The third-order valence-corrected chi connectivity index (χ3v) is 4.49. The molecule has 1 N–H and O–H groups in total. The normalized spacial score (nSPS) is 10.6. The van der Waals surface area contributed by atoms with E-state index in [0.29, 0.717) is 42.3 Å². The van der Waals surface area contributed by atoms with Gasteiger partial charge in [0.1, 0.15) is 0 Å². The van der Waals surface area contributed by atoms with E-state index in [9.17, 15) is 9.59 Å². The van der Waals surface area contributed by atoms with Crippen LogP contribution in [-0.2, 0) is 6.54 Å². The zero-order chi connectivity index (χ0) is 21.4. The molecule has 0 saturated carbocycles. The molecule has 0 spiro atoms. The summed E-state index contributed by atoms with van der Waals surface area (Å²) in [6.07, 6.45) is 0.0140. The highest BCUT2D eigenvalue weighted by Gasteiger charge is 2.14. The zero-order valence-electron chi connectivity index (χ0n) is 17.8. The lowest BCUT2D eigenvalue weighted by atomic mass is 10.1. The molecule has 2 rings (SSSR count). The Morgan fingerprint density at radius 3 is 2.14 bits per heavy atom. The SMILES string of the molecule is CCN(CC)C(=O)c1ccc(CNC(=O)c2ccc(OC(C)C)c(OC)c2)cc1. The number of carbonyl (C=O) groups excluding carboxylic acids is 2. The highest BCUT2D eigenvalue weighted by atomic mass is 16.5. The number of nitrogens with zero attached hydrogens (tertiary/aromatic N) is 1. The molecule has 0 aromatic heterocycles. The Labute approximate surface area is 172 Å². The number of nitrogens with one attached hydrogen (secondary N) is 1. The van der Waals surface area contributed by atoms with Crippen LogP contribution >= 0.6 is 0 Å². The lowest BCUT2D eigenvalue weighted by molar-refractivity contribution is 0.0772. The summed E-state index contributed by atoms with van der Waals surface area (Å²) in [4.78, 5) is 26.6. The quantitative estimate of drug-likeness (QED) is 0.696. The number of ether oxygens (including phenoxy) is 2. The molecular weight excluding hydrogens is 368 g/mol. The minimum atomic E-state index is -0.206. The van der Waals surface area contributed by atoms with Crippen LogP contribution in [0.1, 0.15) is 54.0 Å². The number of carbonyl (C=O) groups is 2. The van der Waals surface area contributed by atoms with Crippen molar-refractivity contribution in [2.75, 3.05) is 20.2 Å². The minimum absolute atomic E-state index is 0.0140. The van der Waals surface area contributed by atoms with Gasteiger partial charge >= 0.3 is 0 Å². The van der Waals surface area contributed by atoms with Crippen LogP contribution in [0.2, 0.25) is 0 Å². The first-order valence-electron chi connectivity index (χ1n) is 9.90. The average molecular weight is 399 g/mol. The number of rotatable bonds is 9. The molecule has 29 heavy (non-hydrogen) atoms. The van der Waals surface area contributed by atoms with Gasteiger partial charge in [-0.25, -0.2) is 0 Å². The second kappa shape index (κ2) is 10.5. The molecule has 2 aromatic carbocycles. The molecule has 0 aliphatic carbocycles. The summed E-state index contributed by atoms with van der Waals surface area (Å²) in [5.74, 6) is 0.933. The molecule has 0 saturated heterocycles. The molecule has 0 aliphatic rings. The Bertz CT molecular complexity index is 827. The van der Waals surface area contributed by atoms with Gasteiger partial charge in [0.2, 0.25) is 0 Å². The Balaban J connectivity index is 2.01. The number of amides is 2. The molecule has 0 atom stereocenters. The monoisotopic (exact) mass is 398 g/mol. The third-order valence-electron chi connectivity index (χ3n) is 4.49. The average Bonchev–Trinajstić information content (AvgIpc) is 2.73. The van der Waals surface area contributed by atoms with Crippen LogP contribution in [0.15, 0.2) is 42.5 Å². The Morgan fingerprint density at radius 2 is 1.59 bits per heavy atom. The van der Waals surface area contributed by atoms with E-state index in [4.69, 9.17) is 9.47 Å². The summed E-state index contributed by atoms with van der Waals surface area (Å²) < 4.78 is 11.0. The fourth-order valence-electron chi connectivity index (χ4n) is 2.90. The van der Waals surface area contributed by atoms with Gasteiger partial charge in [-0.1, -0.05) is 12.1 Å². The van der Waals surface area contributed by atoms with Crippen molar-refractivity contribution in [1.29, 1.82) is 0 Å². The van der Waals surface area contributed by atoms with Gasteiger partial charge in [-0.15, -0.1) is 0 Å². The third kappa shape index (κ3) is 5.98. The standard InChI is InChI=1S/C23H30N2O4/c1-6-25(7-2)23(27)18-10-8-17(9-11-18)15-24-22(26)19-12-13-20(29-16(3)4)21(14-19)28-5/h8-14,16H,6-7,15H2,1-5H3,(H,24,26).